The predicted molar refractivity (Wildman–Crippen MR) is 56.0 cm³/mol. The van der Waals surface area contributed by atoms with Crippen LogP contribution < -0.4 is 0 Å². The molecule has 0 saturated carbocycles. The number of rotatable bonds is 1. The predicted octanol–water partition coefficient (Wildman–Crippen LogP) is 3.19. The van der Waals surface area contributed by atoms with Crippen molar-refractivity contribution in [3.05, 3.63) is 23.5 Å². The number of fused-ring (bicyclic) bond motifs is 1. The first kappa shape index (κ1) is 8.86. The summed E-state index contributed by atoms with van der Waals surface area (Å²) in [7, 11) is 0. The van der Waals surface area contributed by atoms with Gasteiger partial charge in [0.1, 0.15) is 0 Å². The highest BCUT2D eigenvalue weighted by atomic mass is 15.0. The molecule has 0 aliphatic heterocycles. The van der Waals surface area contributed by atoms with Gasteiger partial charge in [0.25, 0.3) is 0 Å². The molecule has 1 aromatic heterocycles. The van der Waals surface area contributed by atoms with Crippen LogP contribution in [0.3, 0.4) is 0 Å². The molecule has 1 aliphatic carbocycles. The third-order valence-corrected chi connectivity index (χ3v) is 3.12. The lowest BCUT2D eigenvalue weighted by molar-refractivity contribution is 0.470. The molecule has 0 radical (unpaired) electrons. The molecule has 0 fully saturated rings. The van der Waals surface area contributed by atoms with Gasteiger partial charge in [-0.1, -0.05) is 6.92 Å². The maximum absolute atomic E-state index is 2.43. The minimum atomic E-state index is 0.622. The summed E-state index contributed by atoms with van der Waals surface area (Å²) < 4.78 is 2.43. The van der Waals surface area contributed by atoms with Crippen molar-refractivity contribution in [1.82, 2.24) is 4.57 Å². The Labute approximate surface area is 80.8 Å². The molecule has 1 heteroatoms. The van der Waals surface area contributed by atoms with Crippen LogP contribution in [0.25, 0.3) is 0 Å². The van der Waals surface area contributed by atoms with Crippen molar-refractivity contribution in [3.8, 4) is 0 Å². The van der Waals surface area contributed by atoms with Crippen LogP contribution in [0.15, 0.2) is 12.3 Å². The second-order valence-corrected chi connectivity index (χ2v) is 4.64. The maximum atomic E-state index is 2.43. The molecule has 1 atom stereocenters. The monoisotopic (exact) mass is 177 g/mol. The molecule has 2 rings (SSSR count). The first-order valence-electron chi connectivity index (χ1n) is 5.37. The summed E-state index contributed by atoms with van der Waals surface area (Å²) >= 11 is 0. The van der Waals surface area contributed by atoms with Crippen molar-refractivity contribution in [3.63, 3.8) is 0 Å². The highest BCUT2D eigenvalue weighted by Gasteiger charge is 2.18. The molecule has 1 aromatic rings. The van der Waals surface area contributed by atoms with E-state index in [0.29, 0.717) is 6.04 Å². The van der Waals surface area contributed by atoms with Crippen LogP contribution in [0.4, 0.5) is 0 Å². The number of hydrogen-bond donors (Lipinski definition) is 0. The van der Waals surface area contributed by atoms with Gasteiger partial charge in [0, 0.05) is 17.9 Å². The normalized spacial score (nSPS) is 22.0. The van der Waals surface area contributed by atoms with E-state index in [0.717, 1.165) is 5.92 Å². The molecule has 0 N–H and O–H groups in total. The average molecular weight is 177 g/mol. The standard InChI is InChI=1S/C12H19N/c1-9(2)13-7-6-11-8-10(3)4-5-12(11)13/h6-7,9-10H,4-5,8H2,1-3H3. The van der Waals surface area contributed by atoms with Crippen molar-refractivity contribution < 1.29 is 0 Å². The zero-order valence-corrected chi connectivity index (χ0v) is 8.88. The summed E-state index contributed by atoms with van der Waals surface area (Å²) in [6.07, 6.45) is 6.19. The third kappa shape index (κ3) is 1.52. The van der Waals surface area contributed by atoms with E-state index in [2.05, 4.69) is 37.6 Å². The zero-order chi connectivity index (χ0) is 9.42. The quantitative estimate of drug-likeness (QED) is 0.621. The van der Waals surface area contributed by atoms with Crippen LogP contribution in [-0.4, -0.2) is 4.57 Å². The highest BCUT2D eigenvalue weighted by molar-refractivity contribution is 5.26. The SMILES string of the molecule is CC1CCc2c(ccn2C(C)C)C1. The Kier molecular flexibility index (Phi) is 2.19. The Balaban J connectivity index is 2.33. The minimum Gasteiger partial charge on any atom is -0.349 e. The lowest BCUT2D eigenvalue weighted by Gasteiger charge is -2.22. The van der Waals surface area contributed by atoms with Crippen molar-refractivity contribution in [2.75, 3.05) is 0 Å². The molecule has 0 aromatic carbocycles. The summed E-state index contributed by atoms with van der Waals surface area (Å²) in [6.45, 7) is 6.88. The number of aromatic nitrogens is 1. The number of nitrogens with zero attached hydrogens (tertiary/aromatic N) is 1. The van der Waals surface area contributed by atoms with Crippen molar-refractivity contribution >= 4 is 0 Å². The molecule has 0 spiro atoms. The van der Waals surface area contributed by atoms with E-state index >= 15 is 0 Å². The molecule has 0 amide bonds. The molecule has 13 heavy (non-hydrogen) atoms. The van der Waals surface area contributed by atoms with Crippen LogP contribution in [0.5, 0.6) is 0 Å². The molecule has 0 saturated heterocycles. The fourth-order valence-electron chi connectivity index (χ4n) is 2.34. The smallest absolute Gasteiger partial charge is 0.0276 e. The van der Waals surface area contributed by atoms with Gasteiger partial charge in [-0.05, 0) is 50.7 Å². The van der Waals surface area contributed by atoms with Crippen LogP contribution in [0.1, 0.15) is 44.5 Å². The van der Waals surface area contributed by atoms with E-state index in [9.17, 15) is 0 Å². The van der Waals surface area contributed by atoms with Gasteiger partial charge in [-0.2, -0.15) is 0 Å². The summed E-state index contributed by atoms with van der Waals surface area (Å²) in [5, 5.41) is 0. The van der Waals surface area contributed by atoms with E-state index in [1.807, 2.05) is 0 Å². The Morgan fingerprint density at radius 3 is 2.92 bits per heavy atom. The van der Waals surface area contributed by atoms with E-state index in [-0.39, 0.29) is 0 Å². The molecule has 0 bridgehead atoms. The van der Waals surface area contributed by atoms with Crippen molar-refractivity contribution in [1.29, 1.82) is 0 Å². The largest absolute Gasteiger partial charge is 0.349 e. The van der Waals surface area contributed by atoms with E-state index in [1.165, 1.54) is 19.3 Å². The van der Waals surface area contributed by atoms with E-state index in [1.54, 1.807) is 11.3 Å². The van der Waals surface area contributed by atoms with Gasteiger partial charge >= 0.3 is 0 Å². The topological polar surface area (TPSA) is 4.93 Å². The lowest BCUT2D eigenvalue weighted by Crippen LogP contribution is -2.14. The molecule has 72 valence electrons. The maximum Gasteiger partial charge on any atom is 0.0276 e. The Morgan fingerprint density at radius 2 is 2.23 bits per heavy atom. The minimum absolute atomic E-state index is 0.622. The van der Waals surface area contributed by atoms with Crippen LogP contribution >= 0.6 is 0 Å². The van der Waals surface area contributed by atoms with Gasteiger partial charge in [0.15, 0.2) is 0 Å². The van der Waals surface area contributed by atoms with Crippen LogP contribution in [-0.2, 0) is 12.8 Å². The van der Waals surface area contributed by atoms with Gasteiger partial charge < -0.3 is 4.57 Å². The highest BCUT2D eigenvalue weighted by Crippen LogP contribution is 2.27. The van der Waals surface area contributed by atoms with Crippen molar-refractivity contribution in [2.24, 2.45) is 5.92 Å². The second kappa shape index (κ2) is 3.21. The van der Waals surface area contributed by atoms with Gasteiger partial charge in [0.05, 0.1) is 0 Å². The third-order valence-electron chi connectivity index (χ3n) is 3.12. The van der Waals surface area contributed by atoms with E-state index in [4.69, 9.17) is 0 Å². The van der Waals surface area contributed by atoms with Crippen LogP contribution in [0, 0.1) is 5.92 Å². The molecule has 1 aliphatic rings. The first-order valence-corrected chi connectivity index (χ1v) is 5.37. The van der Waals surface area contributed by atoms with Gasteiger partial charge in [-0.25, -0.2) is 0 Å². The zero-order valence-electron chi connectivity index (χ0n) is 8.88. The first-order chi connectivity index (χ1) is 6.18. The average Bonchev–Trinajstić information content (AvgIpc) is 2.46. The summed E-state index contributed by atoms with van der Waals surface area (Å²) in [5.41, 5.74) is 3.18. The van der Waals surface area contributed by atoms with Gasteiger partial charge in [0.2, 0.25) is 0 Å². The molecular weight excluding hydrogens is 158 g/mol. The summed E-state index contributed by atoms with van der Waals surface area (Å²) in [4.78, 5) is 0. The summed E-state index contributed by atoms with van der Waals surface area (Å²) in [6, 6.07) is 2.93. The fraction of sp³-hybridized carbons (Fsp3) is 0.667. The molecular formula is C12H19N. The lowest BCUT2D eigenvalue weighted by atomic mass is 9.89. The number of hydrogen-bond acceptors (Lipinski definition) is 0. The molecule has 1 heterocycles. The second-order valence-electron chi connectivity index (χ2n) is 4.64. The summed E-state index contributed by atoms with van der Waals surface area (Å²) in [5.74, 6) is 0.885. The fourth-order valence-corrected chi connectivity index (χ4v) is 2.34. The van der Waals surface area contributed by atoms with Gasteiger partial charge in [-0.15, -0.1) is 0 Å². The Morgan fingerprint density at radius 1 is 1.46 bits per heavy atom. The van der Waals surface area contributed by atoms with Gasteiger partial charge in [-0.3, -0.25) is 0 Å². The van der Waals surface area contributed by atoms with Crippen molar-refractivity contribution in [2.45, 2.75) is 46.1 Å². The Hall–Kier alpha value is -0.720. The molecule has 1 unspecified atom stereocenters. The molecule has 1 nitrogen and oxygen atoms in total. The van der Waals surface area contributed by atoms with Crippen LogP contribution in [0.2, 0.25) is 0 Å². The van der Waals surface area contributed by atoms with E-state index < -0.39 is 0 Å². The Bertz CT molecular complexity index is 296.